The molecule has 2 aliphatic rings. The molecule has 3 heterocycles. The fourth-order valence-electron chi connectivity index (χ4n) is 3.85. The predicted octanol–water partition coefficient (Wildman–Crippen LogP) is 2.80. The number of benzene rings is 1. The smallest absolute Gasteiger partial charge is 0.278 e. The van der Waals surface area contributed by atoms with E-state index in [1.165, 1.54) is 0 Å². The molecule has 148 valence electrons. The van der Waals surface area contributed by atoms with E-state index < -0.39 is 5.79 Å². The zero-order valence-electron chi connectivity index (χ0n) is 16.4. The van der Waals surface area contributed by atoms with Crippen LogP contribution in [0.25, 0.3) is 0 Å². The van der Waals surface area contributed by atoms with Crippen molar-refractivity contribution in [1.82, 2.24) is 10.2 Å². The number of piperidine rings is 1. The third-order valence-electron chi connectivity index (χ3n) is 5.41. The van der Waals surface area contributed by atoms with Gasteiger partial charge < -0.3 is 19.3 Å². The molecule has 4 rings (SSSR count). The van der Waals surface area contributed by atoms with E-state index >= 15 is 0 Å². The van der Waals surface area contributed by atoms with Crippen molar-refractivity contribution in [3.8, 4) is 0 Å². The number of hydrogen-bond donors (Lipinski definition) is 0. The molecule has 1 spiro atoms. The molecule has 2 aliphatic heterocycles. The predicted molar refractivity (Wildman–Crippen MR) is 107 cm³/mol. The van der Waals surface area contributed by atoms with Crippen molar-refractivity contribution in [1.29, 1.82) is 0 Å². The first kappa shape index (κ1) is 18.8. The minimum Gasteiger partial charge on any atom is -0.355 e. The quantitative estimate of drug-likeness (QED) is 0.810. The number of carbonyl (C=O) groups excluding carboxylic acids is 1. The Morgan fingerprint density at radius 3 is 2.50 bits per heavy atom. The van der Waals surface area contributed by atoms with Crippen molar-refractivity contribution in [2.24, 2.45) is 0 Å². The van der Waals surface area contributed by atoms with Gasteiger partial charge in [0.1, 0.15) is 0 Å². The van der Waals surface area contributed by atoms with Gasteiger partial charge in [-0.1, -0.05) is 12.1 Å². The van der Waals surface area contributed by atoms with Gasteiger partial charge in [-0.25, -0.2) is 0 Å². The fraction of sp³-hybridized carbons (Fsp3) is 0.476. The monoisotopic (exact) mass is 382 g/mol. The summed E-state index contributed by atoms with van der Waals surface area (Å²) in [6.45, 7) is 7.48. The van der Waals surface area contributed by atoms with Crippen molar-refractivity contribution >= 4 is 17.4 Å². The minimum absolute atomic E-state index is 0.141. The van der Waals surface area contributed by atoms with Gasteiger partial charge in [0.25, 0.3) is 5.91 Å². The van der Waals surface area contributed by atoms with Crippen LogP contribution in [0.3, 0.4) is 0 Å². The number of carbonyl (C=O) groups is 1. The summed E-state index contributed by atoms with van der Waals surface area (Å²) in [6, 6.07) is 11.5. The number of ether oxygens (including phenoxy) is 2. The summed E-state index contributed by atoms with van der Waals surface area (Å²) in [5.41, 5.74) is 2.34. The molecule has 0 saturated carbocycles. The SMILES string of the molecule is CCN(C(=O)c1ccc(N2CCC3(CC2)OCCO3)nn1)c1cccc(C)c1. The molecule has 2 aromatic rings. The first-order valence-corrected chi connectivity index (χ1v) is 9.85. The van der Waals surface area contributed by atoms with Crippen LogP contribution >= 0.6 is 0 Å². The molecule has 1 aromatic carbocycles. The van der Waals surface area contributed by atoms with Crippen LogP contribution in [0.4, 0.5) is 11.5 Å². The molecule has 0 bridgehead atoms. The summed E-state index contributed by atoms with van der Waals surface area (Å²) in [5, 5.41) is 8.53. The van der Waals surface area contributed by atoms with Crippen LogP contribution in [0.5, 0.6) is 0 Å². The van der Waals surface area contributed by atoms with E-state index in [-0.39, 0.29) is 5.91 Å². The van der Waals surface area contributed by atoms with Gasteiger partial charge in [-0.3, -0.25) is 4.79 Å². The first-order valence-electron chi connectivity index (χ1n) is 9.85. The average molecular weight is 382 g/mol. The second-order valence-corrected chi connectivity index (χ2v) is 7.26. The van der Waals surface area contributed by atoms with Crippen LogP contribution in [-0.2, 0) is 9.47 Å². The van der Waals surface area contributed by atoms with Gasteiger partial charge in [0, 0.05) is 38.2 Å². The maximum Gasteiger partial charge on any atom is 0.278 e. The van der Waals surface area contributed by atoms with Crippen molar-refractivity contribution < 1.29 is 14.3 Å². The molecule has 0 N–H and O–H groups in total. The second-order valence-electron chi connectivity index (χ2n) is 7.26. The number of anilines is 2. The van der Waals surface area contributed by atoms with E-state index in [9.17, 15) is 4.79 Å². The molecule has 2 saturated heterocycles. The lowest BCUT2D eigenvalue weighted by atomic mass is 10.0. The van der Waals surface area contributed by atoms with Gasteiger partial charge >= 0.3 is 0 Å². The van der Waals surface area contributed by atoms with Crippen LogP contribution in [0.15, 0.2) is 36.4 Å². The van der Waals surface area contributed by atoms with Gasteiger partial charge in [0.05, 0.1) is 13.2 Å². The molecule has 0 unspecified atom stereocenters. The molecule has 0 aliphatic carbocycles. The number of aromatic nitrogens is 2. The van der Waals surface area contributed by atoms with Crippen molar-refractivity contribution in [2.75, 3.05) is 42.6 Å². The van der Waals surface area contributed by atoms with Crippen LogP contribution in [-0.4, -0.2) is 54.7 Å². The van der Waals surface area contributed by atoms with Crippen LogP contribution in [0.2, 0.25) is 0 Å². The lowest BCUT2D eigenvalue weighted by Crippen LogP contribution is -2.45. The highest BCUT2D eigenvalue weighted by molar-refractivity contribution is 6.04. The zero-order valence-corrected chi connectivity index (χ0v) is 16.4. The minimum atomic E-state index is -0.407. The number of hydrogen-bond acceptors (Lipinski definition) is 6. The summed E-state index contributed by atoms with van der Waals surface area (Å²) in [5.74, 6) is 0.232. The summed E-state index contributed by atoms with van der Waals surface area (Å²) in [7, 11) is 0. The van der Waals surface area contributed by atoms with Gasteiger partial charge in [0.15, 0.2) is 17.3 Å². The largest absolute Gasteiger partial charge is 0.355 e. The Bertz CT molecular complexity index is 824. The van der Waals surface area contributed by atoms with Gasteiger partial charge in [-0.2, -0.15) is 0 Å². The van der Waals surface area contributed by atoms with E-state index in [1.807, 2.05) is 44.2 Å². The highest BCUT2D eigenvalue weighted by Gasteiger charge is 2.40. The number of amides is 1. The molecule has 0 radical (unpaired) electrons. The topological polar surface area (TPSA) is 67.8 Å². The third-order valence-corrected chi connectivity index (χ3v) is 5.41. The van der Waals surface area contributed by atoms with E-state index in [0.29, 0.717) is 25.5 Å². The van der Waals surface area contributed by atoms with Crippen molar-refractivity contribution in [2.45, 2.75) is 32.5 Å². The molecule has 7 nitrogen and oxygen atoms in total. The second kappa shape index (κ2) is 7.85. The molecule has 2 fully saturated rings. The first-order chi connectivity index (χ1) is 13.6. The van der Waals surface area contributed by atoms with E-state index in [2.05, 4.69) is 15.1 Å². The Balaban J connectivity index is 1.44. The maximum absolute atomic E-state index is 12.9. The summed E-state index contributed by atoms with van der Waals surface area (Å²) >= 11 is 0. The maximum atomic E-state index is 12.9. The molecular weight excluding hydrogens is 356 g/mol. The Labute approximate surface area is 165 Å². The van der Waals surface area contributed by atoms with E-state index in [0.717, 1.165) is 43.0 Å². The number of nitrogens with zero attached hydrogens (tertiary/aromatic N) is 4. The Kier molecular flexibility index (Phi) is 5.28. The average Bonchev–Trinajstić information content (AvgIpc) is 3.17. The van der Waals surface area contributed by atoms with E-state index in [4.69, 9.17) is 9.47 Å². The Morgan fingerprint density at radius 2 is 1.89 bits per heavy atom. The molecule has 1 aromatic heterocycles. The molecular formula is C21H26N4O3. The molecule has 7 heteroatoms. The highest BCUT2D eigenvalue weighted by atomic mass is 16.7. The van der Waals surface area contributed by atoms with Gasteiger partial charge in [0.2, 0.25) is 0 Å². The summed E-state index contributed by atoms with van der Waals surface area (Å²) < 4.78 is 11.5. The van der Waals surface area contributed by atoms with Crippen LogP contribution in [0, 0.1) is 6.92 Å². The normalized spacial score (nSPS) is 18.4. The highest BCUT2D eigenvalue weighted by Crippen LogP contribution is 2.32. The Hall–Kier alpha value is -2.51. The summed E-state index contributed by atoms with van der Waals surface area (Å²) in [6.07, 6.45) is 1.62. The standard InChI is InChI=1S/C21H26N4O3/c1-3-25(17-6-4-5-16(2)15-17)20(26)18-7-8-19(23-22-18)24-11-9-21(10-12-24)27-13-14-28-21/h4-8,15H,3,9-14H2,1-2H3. The van der Waals surface area contributed by atoms with Crippen LogP contribution < -0.4 is 9.80 Å². The van der Waals surface area contributed by atoms with Crippen LogP contribution in [0.1, 0.15) is 35.8 Å². The number of rotatable bonds is 4. The van der Waals surface area contributed by atoms with Gasteiger partial charge in [-0.15, -0.1) is 10.2 Å². The third kappa shape index (κ3) is 3.72. The van der Waals surface area contributed by atoms with Crippen molar-refractivity contribution in [3.63, 3.8) is 0 Å². The Morgan fingerprint density at radius 1 is 1.14 bits per heavy atom. The van der Waals surface area contributed by atoms with Crippen molar-refractivity contribution in [3.05, 3.63) is 47.7 Å². The lowest BCUT2D eigenvalue weighted by molar-refractivity contribution is -0.169. The zero-order chi connectivity index (χ0) is 19.6. The number of aryl methyl sites for hydroxylation is 1. The molecule has 0 atom stereocenters. The lowest BCUT2D eigenvalue weighted by Gasteiger charge is -2.37. The van der Waals surface area contributed by atoms with Gasteiger partial charge in [-0.05, 0) is 43.7 Å². The fourth-order valence-corrected chi connectivity index (χ4v) is 3.85. The molecule has 1 amide bonds. The van der Waals surface area contributed by atoms with E-state index in [1.54, 1.807) is 11.0 Å². The molecule has 28 heavy (non-hydrogen) atoms. The summed E-state index contributed by atoms with van der Waals surface area (Å²) in [4.78, 5) is 16.8.